The number of benzene rings is 1. The highest BCUT2D eigenvalue weighted by Crippen LogP contribution is 2.16. The molecule has 0 radical (unpaired) electrons. The van der Waals surface area contributed by atoms with Gasteiger partial charge in [0.05, 0.1) is 0 Å². The molecule has 16 heavy (non-hydrogen) atoms. The van der Waals surface area contributed by atoms with Gasteiger partial charge in [-0.05, 0) is 24.5 Å². The highest BCUT2D eigenvalue weighted by atomic mass is 32.2. The summed E-state index contributed by atoms with van der Waals surface area (Å²) < 4.78 is 31.4. The summed E-state index contributed by atoms with van der Waals surface area (Å²) in [6, 6.07) is 8.98. The summed E-state index contributed by atoms with van der Waals surface area (Å²) in [5, 5.41) is 1.86. The molecule has 0 heterocycles. The van der Waals surface area contributed by atoms with E-state index >= 15 is 0 Å². The Kier molecular flexibility index (Phi) is 4.32. The lowest BCUT2D eigenvalue weighted by Gasteiger charge is -2.18. The quantitative estimate of drug-likeness (QED) is 0.779. The first kappa shape index (κ1) is 13.0. The van der Waals surface area contributed by atoms with Crippen molar-refractivity contribution in [1.29, 1.82) is 0 Å². The van der Waals surface area contributed by atoms with Crippen LogP contribution in [0, 0.1) is 5.92 Å². The van der Waals surface area contributed by atoms with Crippen LogP contribution in [0.4, 0.5) is 5.69 Å². The second-order valence-electron chi connectivity index (χ2n) is 4.14. The molecule has 2 N–H and O–H groups in total. The van der Waals surface area contributed by atoms with Gasteiger partial charge in [-0.1, -0.05) is 32.0 Å². The summed E-state index contributed by atoms with van der Waals surface area (Å²) >= 11 is 0. The maximum Gasteiger partial charge on any atom is 0.286 e. The SMILES string of the molecule is CC(C)CC(Nc1ccccc1)S(=O)(=O)O. The summed E-state index contributed by atoms with van der Waals surface area (Å²) in [6.45, 7) is 3.82. The van der Waals surface area contributed by atoms with Crippen LogP contribution in [0.1, 0.15) is 20.3 Å². The van der Waals surface area contributed by atoms with Crippen LogP contribution >= 0.6 is 0 Å². The molecule has 1 aromatic rings. The van der Waals surface area contributed by atoms with Crippen LogP contribution in [0.2, 0.25) is 0 Å². The molecule has 0 saturated heterocycles. The molecule has 0 aliphatic heterocycles. The van der Waals surface area contributed by atoms with Gasteiger partial charge >= 0.3 is 0 Å². The zero-order valence-electron chi connectivity index (χ0n) is 9.42. The van der Waals surface area contributed by atoms with Crippen molar-refractivity contribution in [3.05, 3.63) is 30.3 Å². The van der Waals surface area contributed by atoms with Gasteiger partial charge < -0.3 is 5.32 Å². The zero-order chi connectivity index (χ0) is 12.2. The number of para-hydroxylation sites is 1. The summed E-state index contributed by atoms with van der Waals surface area (Å²) in [5.41, 5.74) is 0.686. The monoisotopic (exact) mass is 243 g/mol. The molecule has 0 saturated carbocycles. The fraction of sp³-hybridized carbons (Fsp3) is 0.455. The van der Waals surface area contributed by atoms with Crippen molar-refractivity contribution in [3.8, 4) is 0 Å². The van der Waals surface area contributed by atoms with Crippen LogP contribution in [-0.2, 0) is 10.1 Å². The van der Waals surface area contributed by atoms with Crippen LogP contribution in [-0.4, -0.2) is 18.3 Å². The Morgan fingerprint density at radius 3 is 2.25 bits per heavy atom. The van der Waals surface area contributed by atoms with Gasteiger partial charge in [0, 0.05) is 5.69 Å². The minimum absolute atomic E-state index is 0.183. The number of anilines is 1. The van der Waals surface area contributed by atoms with Gasteiger partial charge in [-0.3, -0.25) is 4.55 Å². The smallest absolute Gasteiger partial charge is 0.286 e. The molecule has 0 aliphatic rings. The predicted octanol–water partition coefficient (Wildman–Crippen LogP) is 2.36. The lowest BCUT2D eigenvalue weighted by atomic mass is 10.1. The molecule has 1 atom stereocenters. The van der Waals surface area contributed by atoms with E-state index in [2.05, 4.69) is 5.32 Å². The molecule has 5 heteroatoms. The molecular formula is C11H17NO3S. The highest BCUT2D eigenvalue weighted by Gasteiger charge is 2.23. The molecule has 0 amide bonds. The van der Waals surface area contributed by atoms with Gasteiger partial charge in [0.25, 0.3) is 10.1 Å². The molecule has 0 aromatic heterocycles. The topological polar surface area (TPSA) is 66.4 Å². The van der Waals surface area contributed by atoms with E-state index < -0.39 is 15.5 Å². The van der Waals surface area contributed by atoms with Crippen LogP contribution in [0.15, 0.2) is 30.3 Å². The van der Waals surface area contributed by atoms with Crippen LogP contribution < -0.4 is 5.32 Å². The van der Waals surface area contributed by atoms with E-state index in [9.17, 15) is 8.42 Å². The van der Waals surface area contributed by atoms with Crippen molar-refractivity contribution in [3.63, 3.8) is 0 Å². The minimum Gasteiger partial charge on any atom is -0.367 e. The zero-order valence-corrected chi connectivity index (χ0v) is 10.2. The van der Waals surface area contributed by atoms with E-state index in [-0.39, 0.29) is 5.92 Å². The summed E-state index contributed by atoms with van der Waals surface area (Å²) in [7, 11) is -4.07. The normalized spacial score (nSPS) is 13.8. The maximum absolute atomic E-state index is 11.2. The van der Waals surface area contributed by atoms with E-state index in [1.807, 2.05) is 19.9 Å². The lowest BCUT2D eigenvalue weighted by molar-refractivity contribution is 0.454. The minimum atomic E-state index is -4.07. The van der Waals surface area contributed by atoms with Gasteiger partial charge in [-0.25, -0.2) is 0 Å². The molecule has 90 valence electrons. The van der Waals surface area contributed by atoms with Gasteiger partial charge in [0.1, 0.15) is 0 Å². The van der Waals surface area contributed by atoms with Gasteiger partial charge in [0.15, 0.2) is 5.37 Å². The van der Waals surface area contributed by atoms with E-state index in [1.165, 1.54) is 0 Å². The molecule has 0 fully saturated rings. The first-order valence-electron chi connectivity index (χ1n) is 5.17. The third-order valence-electron chi connectivity index (χ3n) is 2.15. The van der Waals surface area contributed by atoms with Gasteiger partial charge in [-0.2, -0.15) is 8.42 Å². The number of hydrogen-bond donors (Lipinski definition) is 2. The molecule has 4 nitrogen and oxygen atoms in total. The standard InChI is InChI=1S/C11H17NO3S/c1-9(2)8-11(16(13,14)15)12-10-6-4-3-5-7-10/h3-7,9,11-12H,8H2,1-2H3,(H,13,14,15). The highest BCUT2D eigenvalue weighted by molar-refractivity contribution is 7.86. The largest absolute Gasteiger partial charge is 0.367 e. The Morgan fingerprint density at radius 1 is 1.25 bits per heavy atom. The fourth-order valence-corrected chi connectivity index (χ4v) is 2.32. The van der Waals surface area contributed by atoms with Gasteiger partial charge in [0.2, 0.25) is 0 Å². The van der Waals surface area contributed by atoms with Crippen molar-refractivity contribution >= 4 is 15.8 Å². The molecule has 1 unspecified atom stereocenters. The molecule has 1 rings (SSSR count). The van der Waals surface area contributed by atoms with E-state index in [0.717, 1.165) is 0 Å². The molecule has 0 spiro atoms. The van der Waals surface area contributed by atoms with Crippen molar-refractivity contribution in [2.45, 2.75) is 25.6 Å². The Bertz CT molecular complexity index is 414. The Morgan fingerprint density at radius 2 is 1.81 bits per heavy atom. The first-order chi connectivity index (χ1) is 7.39. The Balaban J connectivity index is 2.80. The van der Waals surface area contributed by atoms with Crippen molar-refractivity contribution < 1.29 is 13.0 Å². The first-order valence-corrected chi connectivity index (χ1v) is 6.68. The van der Waals surface area contributed by atoms with Crippen molar-refractivity contribution in [1.82, 2.24) is 0 Å². The number of hydrogen-bond acceptors (Lipinski definition) is 3. The molecule has 1 aromatic carbocycles. The van der Waals surface area contributed by atoms with Gasteiger partial charge in [-0.15, -0.1) is 0 Å². The lowest BCUT2D eigenvalue weighted by Crippen LogP contribution is -2.30. The van der Waals surface area contributed by atoms with E-state index in [0.29, 0.717) is 12.1 Å². The molecular weight excluding hydrogens is 226 g/mol. The molecule has 0 aliphatic carbocycles. The fourth-order valence-electron chi connectivity index (χ4n) is 1.40. The third kappa shape index (κ3) is 4.20. The van der Waals surface area contributed by atoms with Crippen molar-refractivity contribution in [2.75, 3.05) is 5.32 Å². The second-order valence-corrected chi connectivity index (χ2v) is 5.74. The van der Waals surface area contributed by atoms with E-state index in [1.54, 1.807) is 24.3 Å². The Hall–Kier alpha value is -1.07. The van der Waals surface area contributed by atoms with Crippen LogP contribution in [0.3, 0.4) is 0 Å². The average molecular weight is 243 g/mol. The maximum atomic E-state index is 11.2. The number of nitrogens with one attached hydrogen (secondary N) is 1. The van der Waals surface area contributed by atoms with Crippen LogP contribution in [0.25, 0.3) is 0 Å². The summed E-state index contributed by atoms with van der Waals surface area (Å²) in [5.74, 6) is 0.183. The average Bonchev–Trinajstić information content (AvgIpc) is 2.16. The molecule has 0 bridgehead atoms. The third-order valence-corrected chi connectivity index (χ3v) is 3.18. The predicted molar refractivity (Wildman–Crippen MR) is 64.9 cm³/mol. The van der Waals surface area contributed by atoms with Crippen LogP contribution in [0.5, 0.6) is 0 Å². The van der Waals surface area contributed by atoms with Crippen molar-refractivity contribution in [2.24, 2.45) is 5.92 Å². The number of rotatable bonds is 5. The Labute approximate surface area is 96.4 Å². The van der Waals surface area contributed by atoms with E-state index in [4.69, 9.17) is 4.55 Å². The second kappa shape index (κ2) is 5.32. The summed E-state index contributed by atoms with van der Waals surface area (Å²) in [6.07, 6.45) is 0.369. The summed E-state index contributed by atoms with van der Waals surface area (Å²) in [4.78, 5) is 0.